The average molecular weight is 559 g/mol. The average Bonchev–Trinajstić information content (AvgIpc) is 2.97. The van der Waals surface area contributed by atoms with E-state index in [0.717, 1.165) is 37.7 Å². The normalized spacial score (nSPS) is 15.7. The van der Waals surface area contributed by atoms with Crippen molar-refractivity contribution in [2.24, 2.45) is 11.1 Å². The third-order valence-electron chi connectivity index (χ3n) is 7.97. The van der Waals surface area contributed by atoms with Crippen LogP contribution in [0.4, 0.5) is 0 Å². The third kappa shape index (κ3) is 8.11. The first kappa shape index (κ1) is 32.9. The van der Waals surface area contributed by atoms with E-state index in [1.54, 1.807) is 12.1 Å². The van der Waals surface area contributed by atoms with E-state index in [-0.39, 0.29) is 18.4 Å². The largest absolute Gasteiger partial charge is 0.493 e. The number of carbonyl (C=O) groups excluding carboxylic acids is 1. The Bertz CT molecular complexity index is 1060. The van der Waals surface area contributed by atoms with E-state index < -0.39 is 17.5 Å². The van der Waals surface area contributed by atoms with Crippen molar-refractivity contribution in [1.82, 2.24) is 4.90 Å². The SMILES string of the molecule is CCC(COC(=O)c1cc(OC)c(OC)c(OC)c1)(c1ccccc1)N(C)C.NCC1(CC(=O)O)CCCCC1. The van der Waals surface area contributed by atoms with Crippen LogP contribution in [0.25, 0.3) is 0 Å². The van der Waals surface area contributed by atoms with Crippen LogP contribution in [0.5, 0.6) is 17.2 Å². The van der Waals surface area contributed by atoms with Crippen LogP contribution in [0.2, 0.25) is 0 Å². The molecule has 2 aromatic rings. The van der Waals surface area contributed by atoms with Gasteiger partial charge < -0.3 is 29.8 Å². The molecular formula is C31H46N2O7. The summed E-state index contributed by atoms with van der Waals surface area (Å²) in [5.74, 6) is 0.0942. The second kappa shape index (κ2) is 15.5. The Morgan fingerprint density at radius 2 is 1.55 bits per heavy atom. The van der Waals surface area contributed by atoms with Crippen molar-refractivity contribution >= 4 is 11.9 Å². The smallest absolute Gasteiger partial charge is 0.338 e. The number of nitrogens with two attached hydrogens (primary N) is 1. The molecule has 0 heterocycles. The van der Waals surface area contributed by atoms with E-state index in [0.29, 0.717) is 29.4 Å². The fraction of sp³-hybridized carbons (Fsp3) is 0.548. The van der Waals surface area contributed by atoms with Gasteiger partial charge in [-0.25, -0.2) is 4.79 Å². The summed E-state index contributed by atoms with van der Waals surface area (Å²) in [5.41, 5.74) is 6.56. The van der Waals surface area contributed by atoms with Gasteiger partial charge in [-0.2, -0.15) is 0 Å². The van der Waals surface area contributed by atoms with Crippen molar-refractivity contribution in [3.63, 3.8) is 0 Å². The first-order valence-electron chi connectivity index (χ1n) is 13.7. The lowest BCUT2D eigenvalue weighted by atomic mass is 9.72. The molecule has 9 heteroatoms. The molecule has 9 nitrogen and oxygen atoms in total. The molecule has 1 saturated carbocycles. The number of hydrogen-bond acceptors (Lipinski definition) is 8. The number of likely N-dealkylation sites (N-methyl/N-ethyl adjacent to an activating group) is 1. The number of ether oxygens (including phenoxy) is 4. The van der Waals surface area contributed by atoms with Crippen molar-refractivity contribution in [2.45, 2.75) is 57.4 Å². The number of carboxylic acid groups (broad SMARTS) is 1. The van der Waals surface area contributed by atoms with Crippen molar-refractivity contribution in [1.29, 1.82) is 0 Å². The lowest BCUT2D eigenvalue weighted by Crippen LogP contribution is -2.45. The molecule has 0 radical (unpaired) electrons. The van der Waals surface area contributed by atoms with Gasteiger partial charge in [0.05, 0.1) is 38.9 Å². The number of benzene rings is 2. The fourth-order valence-corrected chi connectivity index (χ4v) is 5.38. The minimum Gasteiger partial charge on any atom is -0.493 e. The Labute approximate surface area is 238 Å². The lowest BCUT2D eigenvalue weighted by Gasteiger charge is -2.39. The van der Waals surface area contributed by atoms with E-state index >= 15 is 0 Å². The van der Waals surface area contributed by atoms with Gasteiger partial charge in [-0.05, 0) is 63.0 Å². The Hall–Kier alpha value is -3.30. The molecule has 3 rings (SSSR count). The first-order valence-corrected chi connectivity index (χ1v) is 13.7. The standard InChI is InChI=1S/C22H29NO5.C9H17NO2/c1-7-22(23(2)3,17-11-9-8-10-12-17)15-28-21(24)16-13-18(25-4)20(27-6)19(14-16)26-5;10-7-9(6-8(11)12)4-2-1-3-5-9/h8-14H,7,15H2,1-6H3;1-7,10H2,(H,11,12). The molecule has 0 spiro atoms. The van der Waals surface area contributed by atoms with E-state index in [1.165, 1.54) is 27.8 Å². The molecule has 1 atom stereocenters. The highest BCUT2D eigenvalue weighted by Gasteiger charge is 2.35. The number of hydrogen-bond donors (Lipinski definition) is 2. The fourth-order valence-electron chi connectivity index (χ4n) is 5.38. The van der Waals surface area contributed by atoms with E-state index in [1.807, 2.05) is 32.3 Å². The highest BCUT2D eigenvalue weighted by Crippen LogP contribution is 2.39. The van der Waals surface area contributed by atoms with Crippen LogP contribution in [-0.2, 0) is 15.1 Å². The van der Waals surface area contributed by atoms with Gasteiger partial charge in [-0.1, -0.05) is 56.5 Å². The summed E-state index contributed by atoms with van der Waals surface area (Å²) in [6.07, 6.45) is 6.55. The maximum absolute atomic E-state index is 12.8. The number of aliphatic carboxylic acids is 1. The van der Waals surface area contributed by atoms with Crippen molar-refractivity contribution in [3.05, 3.63) is 53.6 Å². The van der Waals surface area contributed by atoms with Crippen LogP contribution < -0.4 is 19.9 Å². The zero-order chi connectivity index (χ0) is 29.8. The summed E-state index contributed by atoms with van der Waals surface area (Å²) in [6.45, 7) is 2.83. The molecule has 3 N–H and O–H groups in total. The summed E-state index contributed by atoms with van der Waals surface area (Å²) in [7, 11) is 8.52. The van der Waals surface area contributed by atoms with Crippen LogP contribution >= 0.6 is 0 Å². The number of nitrogens with zero attached hydrogens (tertiary/aromatic N) is 1. The summed E-state index contributed by atoms with van der Waals surface area (Å²) in [5, 5.41) is 8.71. The van der Waals surface area contributed by atoms with Crippen LogP contribution in [0, 0.1) is 5.41 Å². The zero-order valence-electron chi connectivity index (χ0n) is 24.8. The van der Waals surface area contributed by atoms with Gasteiger partial charge in [-0.3, -0.25) is 9.69 Å². The maximum atomic E-state index is 12.8. The number of esters is 1. The van der Waals surface area contributed by atoms with Gasteiger partial charge in [-0.15, -0.1) is 0 Å². The Balaban J connectivity index is 0.000000389. The van der Waals surface area contributed by atoms with Crippen molar-refractivity contribution in [3.8, 4) is 17.2 Å². The third-order valence-corrected chi connectivity index (χ3v) is 7.97. The zero-order valence-corrected chi connectivity index (χ0v) is 24.8. The highest BCUT2D eigenvalue weighted by molar-refractivity contribution is 5.91. The van der Waals surface area contributed by atoms with Crippen LogP contribution in [0.3, 0.4) is 0 Å². The number of methoxy groups -OCH3 is 3. The van der Waals surface area contributed by atoms with Gasteiger partial charge in [0.25, 0.3) is 0 Å². The first-order chi connectivity index (χ1) is 19.1. The Morgan fingerprint density at radius 1 is 0.975 bits per heavy atom. The van der Waals surface area contributed by atoms with Crippen molar-refractivity contribution in [2.75, 3.05) is 48.6 Å². The molecular weight excluding hydrogens is 512 g/mol. The lowest BCUT2D eigenvalue weighted by molar-refractivity contribution is -0.140. The minimum absolute atomic E-state index is 0.0793. The molecule has 0 aromatic heterocycles. The summed E-state index contributed by atoms with van der Waals surface area (Å²) >= 11 is 0. The molecule has 0 bridgehead atoms. The van der Waals surface area contributed by atoms with Gasteiger partial charge in [0.2, 0.25) is 5.75 Å². The van der Waals surface area contributed by atoms with Gasteiger partial charge in [0.15, 0.2) is 11.5 Å². The Morgan fingerprint density at radius 3 is 1.98 bits per heavy atom. The molecule has 1 aliphatic carbocycles. The Kier molecular flexibility index (Phi) is 12.7. The molecule has 1 aliphatic rings. The monoisotopic (exact) mass is 558 g/mol. The van der Waals surface area contributed by atoms with E-state index in [2.05, 4.69) is 24.0 Å². The predicted molar refractivity (Wildman–Crippen MR) is 155 cm³/mol. The quantitative estimate of drug-likeness (QED) is 0.343. The molecule has 0 saturated heterocycles. The summed E-state index contributed by atoms with van der Waals surface area (Å²) < 4.78 is 21.7. The molecule has 0 amide bonds. The van der Waals surface area contributed by atoms with E-state index in [4.69, 9.17) is 29.8 Å². The molecule has 222 valence electrons. The molecule has 1 fully saturated rings. The van der Waals surface area contributed by atoms with Gasteiger partial charge >= 0.3 is 11.9 Å². The predicted octanol–water partition coefficient (Wildman–Crippen LogP) is 5.11. The maximum Gasteiger partial charge on any atom is 0.338 e. The van der Waals surface area contributed by atoms with Crippen LogP contribution in [0.1, 0.15) is 67.8 Å². The second-order valence-electron chi connectivity index (χ2n) is 10.5. The topological polar surface area (TPSA) is 121 Å². The van der Waals surface area contributed by atoms with Crippen molar-refractivity contribution < 1.29 is 33.6 Å². The number of carbonyl (C=O) groups is 2. The van der Waals surface area contributed by atoms with Gasteiger partial charge in [0, 0.05) is 0 Å². The molecule has 0 aliphatic heterocycles. The molecule has 40 heavy (non-hydrogen) atoms. The number of carboxylic acids is 1. The number of rotatable bonds is 12. The second-order valence-corrected chi connectivity index (χ2v) is 10.5. The molecule has 2 aromatic carbocycles. The van der Waals surface area contributed by atoms with E-state index in [9.17, 15) is 9.59 Å². The summed E-state index contributed by atoms with van der Waals surface area (Å²) in [4.78, 5) is 25.5. The highest BCUT2D eigenvalue weighted by atomic mass is 16.5. The van der Waals surface area contributed by atoms with Gasteiger partial charge in [0.1, 0.15) is 6.61 Å². The van der Waals surface area contributed by atoms with Crippen LogP contribution in [0.15, 0.2) is 42.5 Å². The minimum atomic E-state index is -0.706. The van der Waals surface area contributed by atoms with Crippen LogP contribution in [-0.4, -0.2) is 70.5 Å². The summed E-state index contributed by atoms with van der Waals surface area (Å²) in [6, 6.07) is 13.2. The molecule has 1 unspecified atom stereocenters.